The highest BCUT2D eigenvalue weighted by Crippen LogP contribution is 2.31. The maximum Gasteiger partial charge on any atom is 0.161 e. The van der Waals surface area contributed by atoms with E-state index in [0.29, 0.717) is 22.4 Å². The van der Waals surface area contributed by atoms with Crippen molar-refractivity contribution in [1.29, 1.82) is 0 Å². The first-order valence-electron chi connectivity index (χ1n) is 5.38. The number of aromatic nitrogens is 2. The molecule has 3 nitrogen and oxygen atoms in total. The van der Waals surface area contributed by atoms with Crippen molar-refractivity contribution in [3.05, 3.63) is 46.4 Å². The fraction of sp³-hybridized carbons (Fsp3) is 0. The van der Waals surface area contributed by atoms with Crippen molar-refractivity contribution < 1.29 is 13.9 Å². The van der Waals surface area contributed by atoms with Crippen LogP contribution in [0.1, 0.15) is 0 Å². The number of hydrogen-bond acceptors (Lipinski definition) is 2. The van der Waals surface area contributed by atoms with Gasteiger partial charge in [-0.1, -0.05) is 15.9 Å². The molecule has 0 unspecified atom stereocenters. The molecule has 1 heterocycles. The number of imidazole rings is 1. The lowest BCUT2D eigenvalue weighted by Gasteiger charge is -2.00. The highest BCUT2D eigenvalue weighted by molar-refractivity contribution is 9.10. The lowest BCUT2D eigenvalue weighted by atomic mass is 10.2. The van der Waals surface area contributed by atoms with Gasteiger partial charge in [-0.05, 0) is 18.2 Å². The molecular formula is C13H7BrF2N2O. The van der Waals surface area contributed by atoms with Crippen LogP contribution in [0.3, 0.4) is 0 Å². The summed E-state index contributed by atoms with van der Waals surface area (Å²) in [5.41, 5.74) is 1.13. The first-order valence-corrected chi connectivity index (χ1v) is 6.17. The summed E-state index contributed by atoms with van der Waals surface area (Å²) in [5, 5.41) is 9.84. The van der Waals surface area contributed by atoms with Crippen molar-refractivity contribution in [3.63, 3.8) is 0 Å². The van der Waals surface area contributed by atoms with Gasteiger partial charge in [0.15, 0.2) is 11.6 Å². The number of aromatic amines is 1. The van der Waals surface area contributed by atoms with E-state index in [9.17, 15) is 13.9 Å². The summed E-state index contributed by atoms with van der Waals surface area (Å²) in [6, 6.07) is 6.97. The molecule has 0 bridgehead atoms. The Bertz CT molecular complexity index is 747. The Labute approximate surface area is 115 Å². The summed E-state index contributed by atoms with van der Waals surface area (Å²) < 4.78 is 26.9. The second kappa shape index (κ2) is 4.31. The normalized spacial score (nSPS) is 11.1. The van der Waals surface area contributed by atoms with Crippen LogP contribution in [0.2, 0.25) is 0 Å². The standard InChI is InChI=1S/C13H7BrF2N2O/c14-6-1-2-7(12(19)3-6)13-17-10-4-8(15)9(16)5-11(10)18-13/h1-5,19H,(H,17,18). The van der Waals surface area contributed by atoms with E-state index in [1.807, 2.05) is 0 Å². The van der Waals surface area contributed by atoms with E-state index >= 15 is 0 Å². The molecule has 2 aromatic carbocycles. The van der Waals surface area contributed by atoms with E-state index in [0.717, 1.165) is 16.6 Å². The van der Waals surface area contributed by atoms with E-state index in [1.165, 1.54) is 6.07 Å². The van der Waals surface area contributed by atoms with E-state index in [4.69, 9.17) is 0 Å². The minimum atomic E-state index is -0.953. The fourth-order valence-electron chi connectivity index (χ4n) is 1.84. The zero-order valence-electron chi connectivity index (χ0n) is 9.42. The van der Waals surface area contributed by atoms with Gasteiger partial charge >= 0.3 is 0 Å². The van der Waals surface area contributed by atoms with Gasteiger partial charge in [-0.15, -0.1) is 0 Å². The number of phenols is 1. The Balaban J connectivity index is 2.20. The van der Waals surface area contributed by atoms with Gasteiger partial charge in [0.2, 0.25) is 0 Å². The average Bonchev–Trinajstić information content (AvgIpc) is 2.72. The molecule has 3 rings (SSSR count). The minimum Gasteiger partial charge on any atom is -0.507 e. The average molecular weight is 325 g/mol. The summed E-state index contributed by atoms with van der Waals surface area (Å²) in [4.78, 5) is 6.98. The molecule has 0 amide bonds. The molecule has 0 spiro atoms. The molecule has 0 radical (unpaired) electrons. The van der Waals surface area contributed by atoms with Gasteiger partial charge in [0, 0.05) is 16.6 Å². The fourth-order valence-corrected chi connectivity index (χ4v) is 2.19. The highest BCUT2D eigenvalue weighted by atomic mass is 79.9. The molecule has 0 atom stereocenters. The van der Waals surface area contributed by atoms with Gasteiger partial charge in [0.05, 0.1) is 16.6 Å². The summed E-state index contributed by atoms with van der Waals surface area (Å²) in [5.74, 6) is -1.52. The first kappa shape index (κ1) is 12.1. The summed E-state index contributed by atoms with van der Waals surface area (Å²) in [7, 11) is 0. The van der Waals surface area contributed by atoms with Crippen LogP contribution in [0, 0.1) is 11.6 Å². The number of rotatable bonds is 1. The molecule has 0 saturated carbocycles. The third-order valence-corrected chi connectivity index (χ3v) is 3.23. The molecule has 0 aliphatic rings. The van der Waals surface area contributed by atoms with Crippen LogP contribution in [0.5, 0.6) is 5.75 Å². The summed E-state index contributed by atoms with van der Waals surface area (Å²) >= 11 is 3.23. The van der Waals surface area contributed by atoms with Crippen LogP contribution in [0.4, 0.5) is 8.78 Å². The molecule has 1 aromatic heterocycles. The number of benzene rings is 2. The second-order valence-corrected chi connectivity index (χ2v) is 4.95. The molecule has 0 saturated heterocycles. The Morgan fingerprint density at radius 3 is 2.58 bits per heavy atom. The van der Waals surface area contributed by atoms with Crippen molar-refractivity contribution in [2.75, 3.05) is 0 Å². The minimum absolute atomic E-state index is 0.0226. The van der Waals surface area contributed by atoms with Crippen LogP contribution < -0.4 is 0 Å². The van der Waals surface area contributed by atoms with Crippen molar-refractivity contribution in [2.45, 2.75) is 0 Å². The quantitative estimate of drug-likeness (QED) is 0.711. The van der Waals surface area contributed by atoms with Gasteiger partial charge in [0.1, 0.15) is 11.6 Å². The van der Waals surface area contributed by atoms with E-state index in [-0.39, 0.29) is 5.75 Å². The van der Waals surface area contributed by atoms with Crippen LogP contribution >= 0.6 is 15.9 Å². The number of H-pyrrole nitrogens is 1. The van der Waals surface area contributed by atoms with E-state index in [2.05, 4.69) is 25.9 Å². The molecule has 0 aliphatic carbocycles. The molecule has 3 aromatic rings. The van der Waals surface area contributed by atoms with Crippen LogP contribution in [-0.4, -0.2) is 15.1 Å². The maximum absolute atomic E-state index is 13.1. The zero-order chi connectivity index (χ0) is 13.6. The third-order valence-electron chi connectivity index (χ3n) is 2.74. The highest BCUT2D eigenvalue weighted by Gasteiger charge is 2.12. The van der Waals surface area contributed by atoms with Crippen LogP contribution in [0.15, 0.2) is 34.8 Å². The van der Waals surface area contributed by atoms with Crippen molar-refractivity contribution in [1.82, 2.24) is 9.97 Å². The molecule has 2 N–H and O–H groups in total. The number of nitrogens with one attached hydrogen (secondary N) is 1. The first-order chi connectivity index (χ1) is 9.04. The van der Waals surface area contributed by atoms with Gasteiger partial charge < -0.3 is 10.1 Å². The van der Waals surface area contributed by atoms with E-state index < -0.39 is 11.6 Å². The lowest BCUT2D eigenvalue weighted by Crippen LogP contribution is -1.82. The predicted molar refractivity (Wildman–Crippen MR) is 70.8 cm³/mol. The zero-order valence-corrected chi connectivity index (χ0v) is 11.0. The Morgan fingerprint density at radius 2 is 1.84 bits per heavy atom. The van der Waals surface area contributed by atoms with Gasteiger partial charge in [-0.2, -0.15) is 0 Å². The smallest absolute Gasteiger partial charge is 0.161 e. The van der Waals surface area contributed by atoms with Gasteiger partial charge in [0.25, 0.3) is 0 Å². The predicted octanol–water partition coefficient (Wildman–Crippen LogP) is 3.98. The monoisotopic (exact) mass is 324 g/mol. The Hall–Kier alpha value is -1.95. The van der Waals surface area contributed by atoms with Crippen LogP contribution in [0.25, 0.3) is 22.4 Å². The van der Waals surface area contributed by atoms with Crippen LogP contribution in [-0.2, 0) is 0 Å². The largest absolute Gasteiger partial charge is 0.507 e. The van der Waals surface area contributed by atoms with Crippen molar-refractivity contribution >= 4 is 27.0 Å². The third kappa shape index (κ3) is 2.08. The Kier molecular flexibility index (Phi) is 2.74. The summed E-state index contributed by atoms with van der Waals surface area (Å²) in [6.45, 7) is 0. The van der Waals surface area contributed by atoms with Gasteiger partial charge in [-0.25, -0.2) is 13.8 Å². The number of halogens is 3. The van der Waals surface area contributed by atoms with Crippen molar-refractivity contribution in [3.8, 4) is 17.1 Å². The molecule has 0 fully saturated rings. The van der Waals surface area contributed by atoms with Crippen molar-refractivity contribution in [2.24, 2.45) is 0 Å². The second-order valence-electron chi connectivity index (χ2n) is 4.03. The molecule has 6 heteroatoms. The molecule has 96 valence electrons. The number of hydrogen-bond donors (Lipinski definition) is 2. The maximum atomic E-state index is 13.1. The molecule has 19 heavy (non-hydrogen) atoms. The number of nitrogens with zero attached hydrogens (tertiary/aromatic N) is 1. The number of phenolic OH excluding ortho intramolecular Hbond substituents is 1. The Morgan fingerprint density at radius 1 is 1.11 bits per heavy atom. The molecular weight excluding hydrogens is 318 g/mol. The topological polar surface area (TPSA) is 48.9 Å². The summed E-state index contributed by atoms with van der Waals surface area (Å²) in [6.07, 6.45) is 0. The SMILES string of the molecule is Oc1cc(Br)ccc1-c1nc2cc(F)c(F)cc2[nH]1. The lowest BCUT2D eigenvalue weighted by molar-refractivity contribution is 0.476. The number of fused-ring (bicyclic) bond motifs is 1. The molecule has 0 aliphatic heterocycles. The van der Waals surface area contributed by atoms with Gasteiger partial charge in [-0.3, -0.25) is 0 Å². The van der Waals surface area contributed by atoms with E-state index in [1.54, 1.807) is 12.1 Å². The number of aromatic hydroxyl groups is 1.